The minimum absolute atomic E-state index is 0.0288. The maximum atomic E-state index is 11.9. The molecular weight excluding hydrogens is 336 g/mol. The molecule has 0 spiro atoms. The van der Waals surface area contributed by atoms with Crippen LogP contribution in [0.2, 0.25) is 5.02 Å². The Kier molecular flexibility index (Phi) is 5.03. The zero-order chi connectivity index (χ0) is 16.2. The Morgan fingerprint density at radius 1 is 1.39 bits per heavy atom. The van der Waals surface area contributed by atoms with Crippen LogP contribution in [0.1, 0.15) is 16.3 Å². The number of nitrogens with one attached hydrogen (secondary N) is 1. The second kappa shape index (κ2) is 7.19. The molecule has 7 heteroatoms. The first-order valence-corrected chi connectivity index (χ1v) is 8.63. The normalized spacial score (nSPS) is 13.0. The van der Waals surface area contributed by atoms with Gasteiger partial charge in [-0.15, -0.1) is 11.3 Å². The van der Waals surface area contributed by atoms with E-state index in [0.717, 1.165) is 16.3 Å². The van der Waals surface area contributed by atoms with E-state index >= 15 is 0 Å². The molecule has 0 unspecified atom stereocenters. The fourth-order valence-corrected chi connectivity index (χ4v) is 3.27. The third-order valence-electron chi connectivity index (χ3n) is 3.40. The predicted molar refractivity (Wildman–Crippen MR) is 89.7 cm³/mol. The van der Waals surface area contributed by atoms with Crippen LogP contribution in [-0.2, 0) is 17.6 Å². The van der Waals surface area contributed by atoms with Gasteiger partial charge in [0.05, 0.1) is 22.1 Å². The monoisotopic (exact) mass is 352 g/mol. The molecule has 2 aromatic rings. The van der Waals surface area contributed by atoms with Crippen molar-refractivity contribution in [3.8, 4) is 11.5 Å². The van der Waals surface area contributed by atoms with Crippen molar-refractivity contribution in [2.45, 2.75) is 19.8 Å². The van der Waals surface area contributed by atoms with Crippen LogP contribution >= 0.6 is 22.9 Å². The summed E-state index contributed by atoms with van der Waals surface area (Å²) in [5.74, 6) is 1.24. The van der Waals surface area contributed by atoms with Crippen LogP contribution in [0, 0.1) is 6.92 Å². The van der Waals surface area contributed by atoms with Crippen molar-refractivity contribution in [3.05, 3.63) is 38.8 Å². The van der Waals surface area contributed by atoms with Crippen LogP contribution in [0.15, 0.2) is 17.5 Å². The lowest BCUT2D eigenvalue weighted by Crippen LogP contribution is -2.27. The van der Waals surface area contributed by atoms with Gasteiger partial charge in [-0.2, -0.15) is 0 Å². The summed E-state index contributed by atoms with van der Waals surface area (Å²) >= 11 is 7.75. The van der Waals surface area contributed by atoms with Crippen molar-refractivity contribution < 1.29 is 14.3 Å². The first-order chi connectivity index (χ1) is 11.1. The summed E-state index contributed by atoms with van der Waals surface area (Å²) in [6.45, 7) is 3.50. The van der Waals surface area contributed by atoms with Gasteiger partial charge in [0.15, 0.2) is 11.5 Å². The van der Waals surface area contributed by atoms with Gasteiger partial charge in [0.25, 0.3) is 0 Å². The molecule has 0 bridgehead atoms. The lowest BCUT2D eigenvalue weighted by molar-refractivity contribution is -0.120. The molecule has 1 N–H and O–H groups in total. The zero-order valence-electron chi connectivity index (χ0n) is 12.7. The molecular formula is C16H17ClN2O3S. The van der Waals surface area contributed by atoms with Crippen LogP contribution in [0.5, 0.6) is 11.5 Å². The number of benzene rings is 1. The minimum Gasteiger partial charge on any atom is -0.486 e. The van der Waals surface area contributed by atoms with E-state index in [2.05, 4.69) is 10.3 Å². The first kappa shape index (κ1) is 16.1. The van der Waals surface area contributed by atoms with Crippen LogP contribution in [0.4, 0.5) is 0 Å². The van der Waals surface area contributed by atoms with Crippen molar-refractivity contribution in [2.24, 2.45) is 0 Å². The molecule has 122 valence electrons. The average molecular weight is 353 g/mol. The van der Waals surface area contributed by atoms with Crippen LogP contribution in [-0.4, -0.2) is 30.6 Å². The van der Waals surface area contributed by atoms with Crippen molar-refractivity contribution in [1.29, 1.82) is 0 Å². The number of aryl methyl sites for hydroxylation is 1. The maximum absolute atomic E-state index is 11.9. The highest BCUT2D eigenvalue weighted by molar-refractivity contribution is 7.09. The lowest BCUT2D eigenvalue weighted by Gasteiger charge is -2.20. The molecule has 0 saturated heterocycles. The molecule has 3 rings (SSSR count). The van der Waals surface area contributed by atoms with Crippen molar-refractivity contribution in [1.82, 2.24) is 10.3 Å². The fraction of sp³-hybridized carbons (Fsp3) is 0.375. The van der Waals surface area contributed by atoms with Crippen molar-refractivity contribution >= 4 is 28.8 Å². The molecule has 1 aliphatic rings. The Morgan fingerprint density at radius 3 is 3.00 bits per heavy atom. The van der Waals surface area contributed by atoms with Gasteiger partial charge in [0.1, 0.15) is 13.2 Å². The van der Waals surface area contributed by atoms with E-state index in [1.165, 1.54) is 0 Å². The SMILES string of the molecule is Cc1nc(CC(=O)NCCc2cc(Cl)c3c(c2)OCCO3)cs1. The smallest absolute Gasteiger partial charge is 0.226 e. The van der Waals surface area contributed by atoms with Crippen molar-refractivity contribution in [2.75, 3.05) is 19.8 Å². The maximum Gasteiger partial charge on any atom is 0.226 e. The molecule has 0 atom stereocenters. The highest BCUT2D eigenvalue weighted by Gasteiger charge is 2.16. The number of hydrogen-bond donors (Lipinski definition) is 1. The highest BCUT2D eigenvalue weighted by atomic mass is 35.5. The van der Waals surface area contributed by atoms with E-state index < -0.39 is 0 Å². The van der Waals surface area contributed by atoms with Gasteiger partial charge >= 0.3 is 0 Å². The molecule has 1 amide bonds. The first-order valence-electron chi connectivity index (χ1n) is 7.37. The number of amides is 1. The van der Waals surface area contributed by atoms with E-state index in [9.17, 15) is 4.79 Å². The highest BCUT2D eigenvalue weighted by Crippen LogP contribution is 2.38. The number of aromatic nitrogens is 1. The van der Waals surface area contributed by atoms with Crippen LogP contribution < -0.4 is 14.8 Å². The van der Waals surface area contributed by atoms with Gasteiger partial charge < -0.3 is 14.8 Å². The number of hydrogen-bond acceptors (Lipinski definition) is 5. The third-order valence-corrected chi connectivity index (χ3v) is 4.50. The summed E-state index contributed by atoms with van der Waals surface area (Å²) < 4.78 is 11.0. The number of ether oxygens (including phenoxy) is 2. The van der Waals surface area contributed by atoms with Gasteiger partial charge in [-0.25, -0.2) is 4.98 Å². The molecule has 1 aliphatic heterocycles. The molecule has 0 aliphatic carbocycles. The van der Waals surface area contributed by atoms with E-state index in [1.54, 1.807) is 11.3 Å². The molecule has 1 aromatic carbocycles. The molecule has 5 nitrogen and oxygen atoms in total. The summed E-state index contributed by atoms with van der Waals surface area (Å²) in [5, 5.41) is 6.33. The van der Waals surface area contributed by atoms with Gasteiger partial charge in [-0.1, -0.05) is 11.6 Å². The number of carbonyl (C=O) groups excluding carboxylic acids is 1. The lowest BCUT2D eigenvalue weighted by atomic mass is 10.1. The molecule has 2 heterocycles. The van der Waals surface area contributed by atoms with Gasteiger partial charge in [0, 0.05) is 11.9 Å². The van der Waals surface area contributed by atoms with E-state index in [4.69, 9.17) is 21.1 Å². The van der Waals surface area contributed by atoms with Gasteiger partial charge in [0.2, 0.25) is 5.91 Å². The van der Waals surface area contributed by atoms with Crippen molar-refractivity contribution in [3.63, 3.8) is 0 Å². The predicted octanol–water partition coefficient (Wildman–Crippen LogP) is 2.78. The number of rotatable bonds is 5. The second-order valence-electron chi connectivity index (χ2n) is 5.24. The Labute approximate surface area is 143 Å². The van der Waals surface area contributed by atoms with Gasteiger partial charge in [-0.05, 0) is 31.0 Å². The fourth-order valence-electron chi connectivity index (χ4n) is 2.37. The Morgan fingerprint density at radius 2 is 2.22 bits per heavy atom. The molecule has 0 fully saturated rings. The Bertz CT molecular complexity index is 717. The summed E-state index contributed by atoms with van der Waals surface area (Å²) in [4.78, 5) is 16.2. The summed E-state index contributed by atoms with van der Waals surface area (Å²) in [5.41, 5.74) is 1.82. The number of thiazole rings is 1. The van der Waals surface area contributed by atoms with Crippen LogP contribution in [0.25, 0.3) is 0 Å². The van der Waals surface area contributed by atoms with Crippen LogP contribution in [0.3, 0.4) is 0 Å². The Hall–Kier alpha value is -1.79. The number of carbonyl (C=O) groups is 1. The number of halogens is 1. The van der Waals surface area contributed by atoms with E-state index in [0.29, 0.717) is 49.1 Å². The summed E-state index contributed by atoms with van der Waals surface area (Å²) in [7, 11) is 0. The van der Waals surface area contributed by atoms with E-state index in [-0.39, 0.29) is 5.91 Å². The molecule has 1 aromatic heterocycles. The quantitative estimate of drug-likeness (QED) is 0.898. The topological polar surface area (TPSA) is 60.5 Å². The third kappa shape index (κ3) is 4.14. The minimum atomic E-state index is -0.0288. The van der Waals surface area contributed by atoms with Gasteiger partial charge in [-0.3, -0.25) is 4.79 Å². The number of nitrogens with zero attached hydrogens (tertiary/aromatic N) is 1. The molecule has 0 radical (unpaired) electrons. The largest absolute Gasteiger partial charge is 0.486 e. The number of fused-ring (bicyclic) bond motifs is 1. The molecule has 0 saturated carbocycles. The standard InChI is InChI=1S/C16H17ClN2O3S/c1-10-19-12(9-23-10)8-15(20)18-3-2-11-6-13(17)16-14(7-11)21-4-5-22-16/h6-7,9H,2-5,8H2,1H3,(H,18,20). The summed E-state index contributed by atoms with van der Waals surface area (Å²) in [6.07, 6.45) is 0.991. The Balaban J connectivity index is 1.52. The average Bonchev–Trinajstić information content (AvgIpc) is 2.92. The van der Waals surface area contributed by atoms with E-state index in [1.807, 2.05) is 24.4 Å². The summed E-state index contributed by atoms with van der Waals surface area (Å²) in [6, 6.07) is 3.77. The second-order valence-corrected chi connectivity index (χ2v) is 6.71. The zero-order valence-corrected chi connectivity index (χ0v) is 14.3. The molecule has 23 heavy (non-hydrogen) atoms.